The fourth-order valence-electron chi connectivity index (χ4n) is 1.37. The third kappa shape index (κ3) is 2.57. The zero-order valence-electron chi connectivity index (χ0n) is 9.17. The van der Waals surface area contributed by atoms with Gasteiger partial charge in [0.25, 0.3) is 5.69 Å². The van der Waals surface area contributed by atoms with Gasteiger partial charge in [-0.2, -0.15) is 5.10 Å². The molecule has 7 heteroatoms. The Balaban J connectivity index is 2.07. The summed E-state index contributed by atoms with van der Waals surface area (Å²) in [5, 5.41) is 20.3. The first-order valence-electron chi connectivity index (χ1n) is 5.00. The second-order valence-corrected chi connectivity index (χ2v) is 3.53. The summed E-state index contributed by atoms with van der Waals surface area (Å²) in [7, 11) is 0. The summed E-state index contributed by atoms with van der Waals surface area (Å²) < 4.78 is 0. The minimum Gasteiger partial charge on any atom is -0.366 e. The van der Waals surface area contributed by atoms with Gasteiger partial charge >= 0.3 is 0 Å². The summed E-state index contributed by atoms with van der Waals surface area (Å²) in [5.74, 6) is 0.472. The molecule has 0 atom stereocenters. The molecule has 0 aliphatic carbocycles. The predicted octanol–water partition coefficient (Wildman–Crippen LogP) is 1.63. The first-order valence-corrected chi connectivity index (χ1v) is 5.00. The topological polar surface area (TPSA) is 96.7 Å². The van der Waals surface area contributed by atoms with Gasteiger partial charge in [-0.05, 0) is 6.92 Å². The van der Waals surface area contributed by atoms with Gasteiger partial charge in [0.2, 0.25) is 0 Å². The molecule has 0 amide bonds. The minimum absolute atomic E-state index is 0.0198. The van der Waals surface area contributed by atoms with Crippen LogP contribution >= 0.6 is 0 Å². The van der Waals surface area contributed by atoms with Gasteiger partial charge < -0.3 is 5.32 Å². The normalized spacial score (nSPS) is 10.2. The lowest BCUT2D eigenvalue weighted by molar-refractivity contribution is -0.384. The van der Waals surface area contributed by atoms with Crippen molar-refractivity contribution in [3.05, 3.63) is 45.9 Å². The van der Waals surface area contributed by atoms with Crippen LogP contribution in [-0.4, -0.2) is 20.1 Å². The molecule has 0 aromatic carbocycles. The van der Waals surface area contributed by atoms with Crippen molar-refractivity contribution in [3.8, 4) is 0 Å². The summed E-state index contributed by atoms with van der Waals surface area (Å²) in [6.07, 6.45) is 3.11. The van der Waals surface area contributed by atoms with E-state index in [0.29, 0.717) is 12.4 Å². The van der Waals surface area contributed by atoms with Crippen LogP contribution in [0.25, 0.3) is 0 Å². The summed E-state index contributed by atoms with van der Waals surface area (Å²) in [6, 6.07) is 2.75. The van der Waals surface area contributed by atoms with Crippen molar-refractivity contribution in [3.63, 3.8) is 0 Å². The molecule has 0 radical (unpaired) electrons. The maximum Gasteiger partial charge on any atom is 0.274 e. The summed E-state index contributed by atoms with van der Waals surface area (Å²) in [6.45, 7) is 2.43. The van der Waals surface area contributed by atoms with Crippen LogP contribution < -0.4 is 5.32 Å². The fraction of sp³-hybridized carbons (Fsp3) is 0.200. The van der Waals surface area contributed by atoms with Crippen LogP contribution in [0.1, 0.15) is 11.3 Å². The summed E-state index contributed by atoms with van der Waals surface area (Å²) >= 11 is 0. The quantitative estimate of drug-likeness (QED) is 0.618. The standard InChI is InChI=1S/C10H11N5O2/c1-7-8(6-13-14-7)5-12-10-4-9(15(16)17)2-3-11-10/h2-4,6H,5H2,1H3,(H,11,12)(H,13,14). The number of pyridine rings is 1. The van der Waals surface area contributed by atoms with E-state index in [1.165, 1.54) is 18.3 Å². The first-order chi connectivity index (χ1) is 8.16. The van der Waals surface area contributed by atoms with Crippen LogP contribution in [0.2, 0.25) is 0 Å². The van der Waals surface area contributed by atoms with Crippen LogP contribution in [0.15, 0.2) is 24.5 Å². The third-order valence-corrected chi connectivity index (χ3v) is 2.35. The number of hydrogen-bond acceptors (Lipinski definition) is 5. The molecule has 0 unspecified atom stereocenters. The second-order valence-electron chi connectivity index (χ2n) is 3.53. The molecule has 2 aromatic heterocycles. The molecule has 2 aromatic rings. The second kappa shape index (κ2) is 4.60. The van der Waals surface area contributed by atoms with E-state index in [0.717, 1.165) is 11.3 Å². The molecule has 7 nitrogen and oxygen atoms in total. The molecule has 88 valence electrons. The molecule has 0 spiro atoms. The Kier molecular flexibility index (Phi) is 2.99. The number of nitrogens with one attached hydrogen (secondary N) is 2. The van der Waals surface area contributed by atoms with Crippen molar-refractivity contribution in [2.45, 2.75) is 13.5 Å². The van der Waals surface area contributed by atoms with E-state index in [2.05, 4.69) is 20.5 Å². The molecule has 0 aliphatic heterocycles. The van der Waals surface area contributed by atoms with Crippen LogP contribution in [0, 0.1) is 17.0 Å². The largest absolute Gasteiger partial charge is 0.366 e. The van der Waals surface area contributed by atoms with Crippen molar-refractivity contribution < 1.29 is 4.92 Å². The molecule has 0 saturated heterocycles. The molecule has 17 heavy (non-hydrogen) atoms. The number of aromatic nitrogens is 3. The van der Waals surface area contributed by atoms with Gasteiger partial charge in [0.15, 0.2) is 0 Å². The lowest BCUT2D eigenvalue weighted by Crippen LogP contribution is -2.02. The molecule has 0 bridgehead atoms. The van der Waals surface area contributed by atoms with Gasteiger partial charge in [-0.25, -0.2) is 4.98 Å². The van der Waals surface area contributed by atoms with Gasteiger partial charge in [0, 0.05) is 30.1 Å². The highest BCUT2D eigenvalue weighted by atomic mass is 16.6. The Morgan fingerprint density at radius 1 is 1.59 bits per heavy atom. The number of aryl methyl sites for hydroxylation is 1. The summed E-state index contributed by atoms with van der Waals surface area (Å²) in [5.41, 5.74) is 1.98. The Bertz CT molecular complexity index is 537. The van der Waals surface area contributed by atoms with E-state index in [1.807, 2.05) is 6.92 Å². The van der Waals surface area contributed by atoms with E-state index in [1.54, 1.807) is 6.20 Å². The summed E-state index contributed by atoms with van der Waals surface area (Å²) in [4.78, 5) is 14.1. The number of nitrogens with zero attached hydrogens (tertiary/aromatic N) is 3. The van der Waals surface area contributed by atoms with Gasteiger partial charge in [0.1, 0.15) is 5.82 Å². The van der Waals surface area contributed by atoms with Gasteiger partial charge in [-0.1, -0.05) is 0 Å². The Hall–Kier alpha value is -2.44. The van der Waals surface area contributed by atoms with Gasteiger partial charge in [-0.15, -0.1) is 0 Å². The van der Waals surface area contributed by atoms with Crippen LogP contribution in [0.5, 0.6) is 0 Å². The Morgan fingerprint density at radius 3 is 3.06 bits per heavy atom. The molecular formula is C10H11N5O2. The lowest BCUT2D eigenvalue weighted by atomic mass is 10.2. The minimum atomic E-state index is -0.448. The zero-order chi connectivity index (χ0) is 12.3. The highest BCUT2D eigenvalue weighted by Crippen LogP contribution is 2.15. The van der Waals surface area contributed by atoms with E-state index >= 15 is 0 Å². The average molecular weight is 233 g/mol. The molecule has 2 heterocycles. The van der Waals surface area contributed by atoms with Crippen molar-refractivity contribution in [1.82, 2.24) is 15.2 Å². The number of aromatic amines is 1. The number of anilines is 1. The van der Waals surface area contributed by atoms with Gasteiger partial charge in [-0.3, -0.25) is 15.2 Å². The predicted molar refractivity (Wildman–Crippen MR) is 61.5 cm³/mol. The molecule has 0 aliphatic rings. The maximum atomic E-state index is 10.6. The van der Waals surface area contributed by atoms with Crippen molar-refractivity contribution in [2.75, 3.05) is 5.32 Å². The molecule has 0 saturated carbocycles. The number of nitro groups is 1. The highest BCUT2D eigenvalue weighted by Gasteiger charge is 2.07. The SMILES string of the molecule is Cc1[nH]ncc1CNc1cc([N+](=O)[O-])ccn1. The fourth-order valence-corrected chi connectivity index (χ4v) is 1.37. The van der Waals surface area contributed by atoms with Gasteiger partial charge in [0.05, 0.1) is 17.2 Å². The molecular weight excluding hydrogens is 222 g/mol. The molecule has 0 fully saturated rings. The average Bonchev–Trinajstić information content (AvgIpc) is 2.72. The molecule has 2 N–H and O–H groups in total. The van der Waals surface area contributed by atoms with E-state index < -0.39 is 4.92 Å². The van der Waals surface area contributed by atoms with E-state index in [-0.39, 0.29) is 5.69 Å². The van der Waals surface area contributed by atoms with Crippen molar-refractivity contribution >= 4 is 11.5 Å². The third-order valence-electron chi connectivity index (χ3n) is 2.35. The smallest absolute Gasteiger partial charge is 0.274 e. The monoisotopic (exact) mass is 233 g/mol. The van der Waals surface area contributed by atoms with Crippen LogP contribution in [0.3, 0.4) is 0 Å². The van der Waals surface area contributed by atoms with Crippen LogP contribution in [0.4, 0.5) is 11.5 Å². The molecule has 2 rings (SSSR count). The Morgan fingerprint density at radius 2 is 2.41 bits per heavy atom. The Labute approximate surface area is 97.0 Å². The highest BCUT2D eigenvalue weighted by molar-refractivity contribution is 5.44. The lowest BCUT2D eigenvalue weighted by Gasteiger charge is -2.03. The van der Waals surface area contributed by atoms with Crippen molar-refractivity contribution in [2.24, 2.45) is 0 Å². The zero-order valence-corrected chi connectivity index (χ0v) is 9.17. The number of rotatable bonds is 4. The van der Waals surface area contributed by atoms with E-state index in [9.17, 15) is 10.1 Å². The number of hydrogen-bond donors (Lipinski definition) is 2. The maximum absolute atomic E-state index is 10.6. The first kappa shape index (κ1) is 11.1. The number of H-pyrrole nitrogens is 1. The van der Waals surface area contributed by atoms with Crippen LogP contribution in [-0.2, 0) is 6.54 Å². The van der Waals surface area contributed by atoms with E-state index in [4.69, 9.17) is 0 Å². The van der Waals surface area contributed by atoms with Crippen molar-refractivity contribution in [1.29, 1.82) is 0 Å².